The number of aromatic nitrogens is 2. The van der Waals surface area contributed by atoms with E-state index in [-0.39, 0.29) is 0 Å². The molecule has 0 radical (unpaired) electrons. The molecule has 0 aliphatic carbocycles. The summed E-state index contributed by atoms with van der Waals surface area (Å²) in [4.78, 5) is 0. The fraction of sp³-hybridized carbons (Fsp3) is 0.667. The van der Waals surface area contributed by atoms with E-state index in [1.165, 1.54) is 6.92 Å². The first-order chi connectivity index (χ1) is 6.37. The van der Waals surface area contributed by atoms with Crippen molar-refractivity contribution >= 4 is 32.4 Å². The number of nitrogens with one attached hydrogen (secondary N) is 1. The molecule has 1 unspecified atom stereocenters. The van der Waals surface area contributed by atoms with E-state index in [2.05, 4.69) is 31.4 Å². The molecule has 0 bridgehead atoms. The van der Waals surface area contributed by atoms with Gasteiger partial charge in [-0.2, -0.15) is 13.2 Å². The first-order valence-corrected chi connectivity index (χ1v) is 5.30. The molecule has 0 amide bonds. The summed E-state index contributed by atoms with van der Waals surface area (Å²) < 4.78 is 36.3. The summed E-state index contributed by atoms with van der Waals surface area (Å²) >= 11 is 4.22. The predicted molar refractivity (Wildman–Crippen MR) is 51.4 cm³/mol. The zero-order chi connectivity index (χ0) is 10.8. The minimum absolute atomic E-state index is 0.383. The van der Waals surface area contributed by atoms with E-state index in [0.29, 0.717) is 9.05 Å². The Hall–Kier alpha value is -0.370. The highest BCUT2D eigenvalue weighted by Gasteiger charge is 2.30. The molecular formula is C6H7BrF3N3S. The van der Waals surface area contributed by atoms with Crippen LogP contribution in [0, 0.1) is 0 Å². The molecule has 1 atom stereocenters. The highest BCUT2D eigenvalue weighted by molar-refractivity contribution is 9.11. The first-order valence-electron chi connectivity index (χ1n) is 3.69. The van der Waals surface area contributed by atoms with Crippen LogP contribution in [-0.2, 0) is 0 Å². The molecule has 0 spiro atoms. The fourth-order valence-electron chi connectivity index (χ4n) is 0.873. The molecule has 0 saturated carbocycles. The van der Waals surface area contributed by atoms with Crippen molar-refractivity contribution in [3.8, 4) is 0 Å². The normalized spacial score (nSPS) is 14.1. The number of nitrogens with zero attached hydrogens (tertiary/aromatic N) is 2. The van der Waals surface area contributed by atoms with E-state index >= 15 is 0 Å². The number of rotatable bonds is 3. The van der Waals surface area contributed by atoms with E-state index in [4.69, 9.17) is 0 Å². The standard InChI is InChI=1S/C6H7BrF3N3S/c1-3(2-6(8,9)10)11-5-13-12-4(7)14-5/h3H,2H2,1H3,(H,11,13). The van der Waals surface area contributed by atoms with Crippen LogP contribution in [0.1, 0.15) is 13.3 Å². The third kappa shape index (κ3) is 4.23. The maximum absolute atomic E-state index is 11.9. The van der Waals surface area contributed by atoms with Gasteiger partial charge in [-0.15, -0.1) is 10.2 Å². The van der Waals surface area contributed by atoms with E-state index in [9.17, 15) is 13.2 Å². The predicted octanol–water partition coefficient (Wildman–Crippen LogP) is 3.05. The van der Waals surface area contributed by atoms with Gasteiger partial charge in [0.25, 0.3) is 0 Å². The number of hydrogen-bond acceptors (Lipinski definition) is 4. The van der Waals surface area contributed by atoms with Crippen molar-refractivity contribution in [3.63, 3.8) is 0 Å². The van der Waals surface area contributed by atoms with Crippen LogP contribution in [0.15, 0.2) is 3.92 Å². The van der Waals surface area contributed by atoms with Gasteiger partial charge in [-0.3, -0.25) is 0 Å². The van der Waals surface area contributed by atoms with E-state index in [1.807, 2.05) is 0 Å². The SMILES string of the molecule is CC(CC(F)(F)F)Nc1nnc(Br)s1. The minimum atomic E-state index is -4.16. The minimum Gasteiger partial charge on any atom is -0.357 e. The van der Waals surface area contributed by atoms with Gasteiger partial charge in [-0.05, 0) is 22.9 Å². The Labute approximate surface area is 90.9 Å². The maximum atomic E-state index is 11.9. The van der Waals surface area contributed by atoms with Crippen molar-refractivity contribution in [1.82, 2.24) is 10.2 Å². The Morgan fingerprint density at radius 3 is 2.57 bits per heavy atom. The van der Waals surface area contributed by atoms with Gasteiger partial charge in [-0.1, -0.05) is 11.3 Å². The average molecular weight is 290 g/mol. The number of hydrogen-bond donors (Lipinski definition) is 1. The molecule has 1 aromatic heterocycles. The van der Waals surface area contributed by atoms with Crippen molar-refractivity contribution in [2.24, 2.45) is 0 Å². The Kier molecular flexibility index (Phi) is 3.71. The molecule has 1 rings (SSSR count). The largest absolute Gasteiger partial charge is 0.391 e. The first kappa shape index (κ1) is 11.7. The van der Waals surface area contributed by atoms with Gasteiger partial charge in [-0.25, -0.2) is 0 Å². The summed E-state index contributed by atoms with van der Waals surface area (Å²) in [6, 6.07) is -0.699. The van der Waals surface area contributed by atoms with Gasteiger partial charge >= 0.3 is 6.18 Å². The zero-order valence-electron chi connectivity index (χ0n) is 7.10. The summed E-state index contributed by atoms with van der Waals surface area (Å²) in [7, 11) is 0. The van der Waals surface area contributed by atoms with E-state index in [0.717, 1.165) is 11.3 Å². The Morgan fingerprint density at radius 1 is 1.50 bits per heavy atom. The van der Waals surface area contributed by atoms with Crippen molar-refractivity contribution < 1.29 is 13.2 Å². The van der Waals surface area contributed by atoms with E-state index in [1.54, 1.807) is 0 Å². The molecule has 8 heteroatoms. The molecule has 1 heterocycles. The molecule has 0 fully saturated rings. The van der Waals surface area contributed by atoms with Crippen molar-refractivity contribution in [3.05, 3.63) is 3.92 Å². The monoisotopic (exact) mass is 289 g/mol. The molecular weight excluding hydrogens is 283 g/mol. The molecule has 0 aliphatic rings. The van der Waals surface area contributed by atoms with Crippen molar-refractivity contribution in [2.75, 3.05) is 5.32 Å². The smallest absolute Gasteiger partial charge is 0.357 e. The van der Waals surface area contributed by atoms with Gasteiger partial charge in [0, 0.05) is 6.04 Å². The van der Waals surface area contributed by atoms with Gasteiger partial charge in [0.2, 0.25) is 5.13 Å². The molecule has 80 valence electrons. The molecule has 0 aromatic carbocycles. The lowest BCUT2D eigenvalue weighted by atomic mass is 10.2. The summed E-state index contributed by atoms with van der Waals surface area (Å²) in [5, 5.41) is 10.2. The Balaban J connectivity index is 2.45. The van der Waals surface area contributed by atoms with Gasteiger partial charge in [0.15, 0.2) is 3.92 Å². The molecule has 1 aromatic rings. The molecule has 0 aliphatic heterocycles. The maximum Gasteiger partial charge on any atom is 0.391 e. The molecule has 1 N–H and O–H groups in total. The fourth-order valence-corrected chi connectivity index (χ4v) is 1.99. The Morgan fingerprint density at radius 2 is 2.14 bits per heavy atom. The van der Waals surface area contributed by atoms with Crippen LogP contribution in [0.25, 0.3) is 0 Å². The average Bonchev–Trinajstić information content (AvgIpc) is 2.30. The van der Waals surface area contributed by atoms with Crippen LogP contribution in [-0.4, -0.2) is 22.4 Å². The van der Waals surface area contributed by atoms with E-state index < -0.39 is 18.6 Å². The lowest BCUT2D eigenvalue weighted by molar-refractivity contribution is -0.136. The summed E-state index contributed by atoms with van der Waals surface area (Å²) in [6.45, 7) is 1.45. The lowest BCUT2D eigenvalue weighted by Crippen LogP contribution is -2.23. The topological polar surface area (TPSA) is 37.8 Å². The molecule has 3 nitrogen and oxygen atoms in total. The number of anilines is 1. The molecule has 0 saturated heterocycles. The highest BCUT2D eigenvalue weighted by Crippen LogP contribution is 2.25. The van der Waals surface area contributed by atoms with Crippen LogP contribution in [0.5, 0.6) is 0 Å². The van der Waals surface area contributed by atoms with Crippen LogP contribution < -0.4 is 5.32 Å². The van der Waals surface area contributed by atoms with Crippen molar-refractivity contribution in [2.45, 2.75) is 25.6 Å². The van der Waals surface area contributed by atoms with Gasteiger partial charge < -0.3 is 5.32 Å². The quantitative estimate of drug-likeness (QED) is 0.929. The number of alkyl halides is 3. The third-order valence-corrected chi connectivity index (χ3v) is 2.60. The molecule has 14 heavy (non-hydrogen) atoms. The Bertz CT molecular complexity index is 301. The van der Waals surface area contributed by atoms with Crippen LogP contribution in [0.2, 0.25) is 0 Å². The summed E-state index contributed by atoms with van der Waals surface area (Å²) in [6.07, 6.45) is -5.04. The zero-order valence-corrected chi connectivity index (χ0v) is 9.50. The second-order valence-electron chi connectivity index (χ2n) is 2.72. The second kappa shape index (κ2) is 4.43. The van der Waals surface area contributed by atoms with Crippen LogP contribution in [0.4, 0.5) is 18.3 Å². The summed E-state index contributed by atoms with van der Waals surface area (Å²) in [5.41, 5.74) is 0. The van der Waals surface area contributed by atoms with Crippen molar-refractivity contribution in [1.29, 1.82) is 0 Å². The van der Waals surface area contributed by atoms with Crippen LogP contribution in [0.3, 0.4) is 0 Å². The lowest BCUT2D eigenvalue weighted by Gasteiger charge is -2.14. The third-order valence-electron chi connectivity index (χ3n) is 1.31. The van der Waals surface area contributed by atoms with Gasteiger partial charge in [0.05, 0.1) is 6.42 Å². The van der Waals surface area contributed by atoms with Crippen LogP contribution >= 0.6 is 27.3 Å². The highest BCUT2D eigenvalue weighted by atomic mass is 79.9. The van der Waals surface area contributed by atoms with Gasteiger partial charge in [0.1, 0.15) is 0 Å². The second-order valence-corrected chi connectivity index (χ2v) is 4.98. The summed E-state index contributed by atoms with van der Waals surface area (Å²) in [5.74, 6) is 0. The number of halogens is 4.